The average Bonchev–Trinajstić information content (AvgIpc) is 2.87. The number of aromatic nitrogens is 1. The van der Waals surface area contributed by atoms with Gasteiger partial charge in [0.25, 0.3) is 0 Å². The second-order valence-electron chi connectivity index (χ2n) is 5.68. The Morgan fingerprint density at radius 3 is 2.84 bits per heavy atom. The fourth-order valence-corrected chi connectivity index (χ4v) is 3.53. The summed E-state index contributed by atoms with van der Waals surface area (Å²) in [6.07, 6.45) is 2.16. The average molecular weight is 281 g/mol. The number of hydrogen-bond acceptors (Lipinski definition) is 4. The van der Waals surface area contributed by atoms with Gasteiger partial charge >= 0.3 is 0 Å². The number of carbonyl (C=O) groups is 1. The van der Waals surface area contributed by atoms with Crippen molar-refractivity contribution < 1.29 is 4.79 Å². The summed E-state index contributed by atoms with van der Waals surface area (Å²) in [6, 6.07) is -0.402. The lowest BCUT2D eigenvalue weighted by Gasteiger charge is -2.32. The number of carbonyl (C=O) groups excluding carboxylic acids is 1. The van der Waals surface area contributed by atoms with Crippen molar-refractivity contribution in [3.05, 3.63) is 16.1 Å². The molecular formula is C14H23N3OS. The molecule has 1 amide bonds. The molecule has 0 spiro atoms. The summed E-state index contributed by atoms with van der Waals surface area (Å²) in [4.78, 5) is 18.6. The van der Waals surface area contributed by atoms with E-state index in [1.807, 2.05) is 4.90 Å². The van der Waals surface area contributed by atoms with Gasteiger partial charge in [-0.3, -0.25) is 4.79 Å². The Kier molecular flexibility index (Phi) is 4.58. The molecule has 2 atom stereocenters. The number of likely N-dealkylation sites (tertiary alicyclic amines) is 1. The van der Waals surface area contributed by atoms with E-state index >= 15 is 0 Å². The van der Waals surface area contributed by atoms with Crippen molar-refractivity contribution in [1.29, 1.82) is 0 Å². The molecule has 1 unspecified atom stereocenters. The lowest BCUT2D eigenvalue weighted by Crippen LogP contribution is -2.46. The number of thiazole rings is 1. The van der Waals surface area contributed by atoms with Gasteiger partial charge in [-0.05, 0) is 25.7 Å². The van der Waals surface area contributed by atoms with Crippen molar-refractivity contribution in [2.45, 2.75) is 51.5 Å². The van der Waals surface area contributed by atoms with Crippen LogP contribution in [0.2, 0.25) is 0 Å². The van der Waals surface area contributed by atoms with Crippen LogP contribution in [0.3, 0.4) is 0 Å². The molecule has 0 saturated carbocycles. The fourth-order valence-electron chi connectivity index (χ4n) is 2.42. The first kappa shape index (κ1) is 14.5. The van der Waals surface area contributed by atoms with Gasteiger partial charge in [0.05, 0.1) is 16.7 Å². The molecule has 1 fully saturated rings. The zero-order chi connectivity index (χ0) is 14.0. The SMILES string of the molecule is CC(C)c1csc(C2CCCN(C(=O)[C@@H](C)N)C2)n1. The second-order valence-corrected chi connectivity index (χ2v) is 6.57. The molecule has 0 radical (unpaired) electrons. The maximum absolute atomic E-state index is 12.0. The summed E-state index contributed by atoms with van der Waals surface area (Å²) < 4.78 is 0. The van der Waals surface area contributed by atoms with Crippen LogP contribution < -0.4 is 5.73 Å². The van der Waals surface area contributed by atoms with Crippen molar-refractivity contribution in [1.82, 2.24) is 9.88 Å². The van der Waals surface area contributed by atoms with Gasteiger partial charge in [0.1, 0.15) is 0 Å². The number of piperidine rings is 1. The van der Waals surface area contributed by atoms with Gasteiger partial charge in [0.15, 0.2) is 0 Å². The normalized spacial score (nSPS) is 21.7. The zero-order valence-electron chi connectivity index (χ0n) is 11.9. The molecule has 5 heteroatoms. The molecule has 0 aliphatic carbocycles. The van der Waals surface area contributed by atoms with Crippen LogP contribution in [-0.4, -0.2) is 34.9 Å². The predicted molar refractivity (Wildman–Crippen MR) is 78.4 cm³/mol. The van der Waals surface area contributed by atoms with Crippen LogP contribution in [0.1, 0.15) is 56.2 Å². The van der Waals surface area contributed by atoms with E-state index in [0.29, 0.717) is 11.8 Å². The summed E-state index contributed by atoms with van der Waals surface area (Å²) in [5.74, 6) is 0.912. The van der Waals surface area contributed by atoms with Crippen LogP contribution in [0, 0.1) is 0 Å². The molecule has 1 aromatic rings. The largest absolute Gasteiger partial charge is 0.341 e. The number of nitrogens with zero attached hydrogens (tertiary/aromatic N) is 2. The van der Waals surface area contributed by atoms with E-state index < -0.39 is 6.04 Å². The van der Waals surface area contributed by atoms with Crippen LogP contribution in [0.5, 0.6) is 0 Å². The smallest absolute Gasteiger partial charge is 0.239 e. The summed E-state index contributed by atoms with van der Waals surface area (Å²) in [6.45, 7) is 7.67. The summed E-state index contributed by atoms with van der Waals surface area (Å²) in [5.41, 5.74) is 6.85. The molecular weight excluding hydrogens is 258 g/mol. The van der Waals surface area contributed by atoms with Crippen LogP contribution in [0.25, 0.3) is 0 Å². The highest BCUT2D eigenvalue weighted by atomic mass is 32.1. The topological polar surface area (TPSA) is 59.2 Å². The fraction of sp³-hybridized carbons (Fsp3) is 0.714. The van der Waals surface area contributed by atoms with Crippen LogP contribution in [-0.2, 0) is 4.79 Å². The van der Waals surface area contributed by atoms with Crippen molar-refractivity contribution in [3.63, 3.8) is 0 Å². The highest BCUT2D eigenvalue weighted by molar-refractivity contribution is 7.09. The molecule has 19 heavy (non-hydrogen) atoms. The molecule has 2 heterocycles. The van der Waals surface area contributed by atoms with Crippen molar-refractivity contribution in [2.24, 2.45) is 5.73 Å². The van der Waals surface area contributed by atoms with Gasteiger partial charge in [0, 0.05) is 24.4 Å². The van der Waals surface area contributed by atoms with Crippen molar-refractivity contribution in [2.75, 3.05) is 13.1 Å². The lowest BCUT2D eigenvalue weighted by molar-refractivity contribution is -0.133. The molecule has 2 rings (SSSR count). The lowest BCUT2D eigenvalue weighted by atomic mass is 9.98. The Balaban J connectivity index is 2.06. The summed E-state index contributed by atoms with van der Waals surface area (Å²) in [5, 5.41) is 3.32. The van der Waals surface area contributed by atoms with Crippen LogP contribution >= 0.6 is 11.3 Å². The van der Waals surface area contributed by atoms with Gasteiger partial charge in [0.2, 0.25) is 5.91 Å². The summed E-state index contributed by atoms with van der Waals surface area (Å²) in [7, 11) is 0. The number of amides is 1. The highest BCUT2D eigenvalue weighted by Crippen LogP contribution is 2.30. The predicted octanol–water partition coefficient (Wildman–Crippen LogP) is 2.32. The van der Waals surface area contributed by atoms with Gasteiger partial charge in [-0.1, -0.05) is 13.8 Å². The highest BCUT2D eigenvalue weighted by Gasteiger charge is 2.28. The van der Waals surface area contributed by atoms with E-state index in [9.17, 15) is 4.79 Å². The molecule has 0 aromatic carbocycles. The number of hydrogen-bond donors (Lipinski definition) is 1. The Hall–Kier alpha value is -0.940. The number of rotatable bonds is 3. The molecule has 106 valence electrons. The van der Waals surface area contributed by atoms with E-state index in [1.54, 1.807) is 18.3 Å². The molecule has 1 aliphatic rings. The molecule has 1 saturated heterocycles. The van der Waals surface area contributed by atoms with E-state index in [0.717, 1.165) is 31.6 Å². The summed E-state index contributed by atoms with van der Waals surface area (Å²) >= 11 is 1.73. The monoisotopic (exact) mass is 281 g/mol. The minimum absolute atomic E-state index is 0.0605. The van der Waals surface area contributed by atoms with E-state index in [-0.39, 0.29) is 5.91 Å². The van der Waals surface area contributed by atoms with E-state index in [2.05, 4.69) is 19.2 Å². The Morgan fingerprint density at radius 2 is 2.26 bits per heavy atom. The first-order valence-corrected chi connectivity index (χ1v) is 7.86. The van der Waals surface area contributed by atoms with Crippen molar-refractivity contribution >= 4 is 17.2 Å². The van der Waals surface area contributed by atoms with Crippen LogP contribution in [0.15, 0.2) is 5.38 Å². The molecule has 0 bridgehead atoms. The molecule has 4 nitrogen and oxygen atoms in total. The number of nitrogens with two attached hydrogens (primary N) is 1. The maximum atomic E-state index is 12.0. The van der Waals surface area contributed by atoms with Gasteiger partial charge in [-0.15, -0.1) is 11.3 Å². The molecule has 2 N–H and O–H groups in total. The Morgan fingerprint density at radius 1 is 1.53 bits per heavy atom. The van der Waals surface area contributed by atoms with E-state index in [1.165, 1.54) is 5.01 Å². The van der Waals surface area contributed by atoms with Gasteiger partial charge in [-0.2, -0.15) is 0 Å². The van der Waals surface area contributed by atoms with E-state index in [4.69, 9.17) is 10.7 Å². The minimum atomic E-state index is -0.402. The quantitative estimate of drug-likeness (QED) is 0.925. The zero-order valence-corrected chi connectivity index (χ0v) is 12.7. The molecule has 1 aromatic heterocycles. The first-order chi connectivity index (χ1) is 8.99. The first-order valence-electron chi connectivity index (χ1n) is 6.98. The Labute approximate surface area is 119 Å². The minimum Gasteiger partial charge on any atom is -0.341 e. The van der Waals surface area contributed by atoms with Gasteiger partial charge in [-0.25, -0.2) is 4.98 Å². The standard InChI is InChI=1S/C14H23N3OS/c1-9(2)12-8-19-13(16-12)11-5-4-6-17(7-11)14(18)10(3)15/h8-11H,4-7,15H2,1-3H3/t10-,11?/m1/s1. The third-order valence-electron chi connectivity index (χ3n) is 3.60. The van der Waals surface area contributed by atoms with Gasteiger partial charge < -0.3 is 10.6 Å². The maximum Gasteiger partial charge on any atom is 0.239 e. The van der Waals surface area contributed by atoms with Crippen LogP contribution in [0.4, 0.5) is 0 Å². The Bertz CT molecular complexity index is 442. The third kappa shape index (κ3) is 3.34. The molecule has 1 aliphatic heterocycles. The van der Waals surface area contributed by atoms with Crippen molar-refractivity contribution in [3.8, 4) is 0 Å². The second kappa shape index (κ2) is 6.01. The third-order valence-corrected chi connectivity index (χ3v) is 4.63.